The van der Waals surface area contributed by atoms with Crippen molar-refractivity contribution in [2.75, 3.05) is 6.61 Å². The number of benzene rings is 2. The number of para-hydroxylation sites is 1. The fourth-order valence-electron chi connectivity index (χ4n) is 2.46. The highest BCUT2D eigenvalue weighted by Gasteiger charge is 2.13. The molecule has 0 radical (unpaired) electrons. The molecule has 6 heteroatoms. The maximum absolute atomic E-state index is 12.5. The summed E-state index contributed by atoms with van der Waals surface area (Å²) < 4.78 is 11.3. The number of unbranched alkanes of at least 4 members (excludes halogenated alkanes) is 1. The quantitative estimate of drug-likeness (QED) is 0.481. The van der Waals surface area contributed by atoms with Gasteiger partial charge in [-0.1, -0.05) is 37.6 Å². The van der Waals surface area contributed by atoms with Crippen molar-refractivity contribution in [2.45, 2.75) is 46.3 Å². The highest BCUT2D eigenvalue weighted by Crippen LogP contribution is 2.18. The minimum atomic E-state index is -0.287. The summed E-state index contributed by atoms with van der Waals surface area (Å²) in [6.07, 6.45) is 2.12. The Morgan fingerprint density at radius 3 is 2.50 bits per heavy atom. The van der Waals surface area contributed by atoms with Crippen LogP contribution in [-0.2, 0) is 6.54 Å². The number of amides is 1. The summed E-state index contributed by atoms with van der Waals surface area (Å²) in [5.74, 6) is 1.11. The van der Waals surface area contributed by atoms with Crippen LogP contribution in [0.15, 0.2) is 48.5 Å². The summed E-state index contributed by atoms with van der Waals surface area (Å²) in [7, 11) is 0. The summed E-state index contributed by atoms with van der Waals surface area (Å²) >= 11 is 5.25. The van der Waals surface area contributed by atoms with E-state index in [1.54, 1.807) is 18.2 Å². The van der Waals surface area contributed by atoms with Gasteiger partial charge >= 0.3 is 0 Å². The molecular weight excluding hydrogens is 372 g/mol. The van der Waals surface area contributed by atoms with Gasteiger partial charge in [-0.2, -0.15) is 0 Å². The smallest absolute Gasteiger partial charge is 0.261 e. The second kappa shape index (κ2) is 11.3. The van der Waals surface area contributed by atoms with Crippen LogP contribution in [0, 0.1) is 0 Å². The second-order valence-corrected chi connectivity index (χ2v) is 7.05. The second-order valence-electron chi connectivity index (χ2n) is 6.65. The lowest BCUT2D eigenvalue weighted by atomic mass is 10.2. The van der Waals surface area contributed by atoms with E-state index in [4.69, 9.17) is 21.7 Å². The first kappa shape index (κ1) is 21.7. The maximum atomic E-state index is 12.5. The Kier molecular flexibility index (Phi) is 8.75. The Morgan fingerprint density at radius 1 is 1.11 bits per heavy atom. The van der Waals surface area contributed by atoms with Crippen LogP contribution in [0.25, 0.3) is 0 Å². The molecule has 0 fully saturated rings. The molecule has 0 spiro atoms. The van der Waals surface area contributed by atoms with Crippen LogP contribution < -0.4 is 20.1 Å². The predicted molar refractivity (Wildman–Crippen MR) is 116 cm³/mol. The standard InChI is InChI=1S/C22H28N2O3S/c1-4-5-14-26-20-9-7-6-8-19(20)21(25)24-22(28)23-15-17-10-12-18(13-11-17)27-16(2)3/h6-13,16H,4-5,14-15H2,1-3H3,(H2,23,24,25,28). The van der Waals surface area contributed by atoms with E-state index in [0.29, 0.717) is 24.5 Å². The van der Waals surface area contributed by atoms with Gasteiger partial charge in [0.25, 0.3) is 5.91 Å². The van der Waals surface area contributed by atoms with Gasteiger partial charge in [0.05, 0.1) is 18.3 Å². The van der Waals surface area contributed by atoms with E-state index >= 15 is 0 Å². The molecule has 0 bridgehead atoms. The largest absolute Gasteiger partial charge is 0.493 e. The molecular formula is C22H28N2O3S. The molecule has 2 aromatic carbocycles. The fourth-order valence-corrected chi connectivity index (χ4v) is 2.63. The molecule has 2 aromatic rings. The zero-order chi connectivity index (χ0) is 20.4. The van der Waals surface area contributed by atoms with Crippen LogP contribution in [0.5, 0.6) is 11.5 Å². The van der Waals surface area contributed by atoms with Gasteiger partial charge in [-0.25, -0.2) is 0 Å². The Balaban J connectivity index is 1.86. The molecule has 0 aromatic heterocycles. The molecule has 0 atom stereocenters. The molecule has 28 heavy (non-hydrogen) atoms. The molecule has 0 unspecified atom stereocenters. The van der Waals surface area contributed by atoms with Gasteiger partial charge in [-0.15, -0.1) is 0 Å². The van der Waals surface area contributed by atoms with Crippen molar-refractivity contribution in [1.29, 1.82) is 0 Å². The molecule has 0 aliphatic heterocycles. The van der Waals surface area contributed by atoms with E-state index in [1.165, 1.54) is 0 Å². The van der Waals surface area contributed by atoms with Crippen molar-refractivity contribution in [3.8, 4) is 11.5 Å². The Morgan fingerprint density at radius 2 is 1.82 bits per heavy atom. The third-order valence-electron chi connectivity index (χ3n) is 3.86. The molecule has 0 saturated heterocycles. The third kappa shape index (κ3) is 7.19. The minimum Gasteiger partial charge on any atom is -0.493 e. The molecule has 0 aliphatic rings. The number of hydrogen-bond donors (Lipinski definition) is 2. The monoisotopic (exact) mass is 400 g/mol. The zero-order valence-electron chi connectivity index (χ0n) is 16.7. The molecule has 0 saturated carbocycles. The van der Waals surface area contributed by atoms with Crippen LogP contribution in [0.1, 0.15) is 49.5 Å². The van der Waals surface area contributed by atoms with E-state index in [9.17, 15) is 4.79 Å². The molecule has 150 valence electrons. The van der Waals surface area contributed by atoms with Crippen LogP contribution in [0.4, 0.5) is 0 Å². The van der Waals surface area contributed by atoms with Gasteiger partial charge < -0.3 is 14.8 Å². The summed E-state index contributed by atoms with van der Waals surface area (Å²) in [5, 5.41) is 6.03. The normalized spacial score (nSPS) is 10.4. The topological polar surface area (TPSA) is 59.6 Å². The zero-order valence-corrected chi connectivity index (χ0v) is 17.5. The summed E-state index contributed by atoms with van der Waals surface area (Å²) in [4.78, 5) is 12.5. The van der Waals surface area contributed by atoms with Crippen molar-refractivity contribution < 1.29 is 14.3 Å². The molecule has 1 amide bonds. The van der Waals surface area contributed by atoms with Gasteiger partial charge in [-0.05, 0) is 62.3 Å². The van der Waals surface area contributed by atoms with Crippen LogP contribution >= 0.6 is 12.2 Å². The van der Waals surface area contributed by atoms with Crippen LogP contribution in [0.3, 0.4) is 0 Å². The Bertz CT molecular complexity index is 776. The van der Waals surface area contributed by atoms with Gasteiger partial charge in [0.1, 0.15) is 11.5 Å². The highest BCUT2D eigenvalue weighted by molar-refractivity contribution is 7.80. The molecule has 2 N–H and O–H groups in total. The summed E-state index contributed by atoms with van der Waals surface area (Å²) in [5.41, 5.74) is 1.51. The van der Waals surface area contributed by atoms with Crippen molar-refractivity contribution >= 4 is 23.2 Å². The van der Waals surface area contributed by atoms with E-state index in [0.717, 1.165) is 24.2 Å². The average molecular weight is 401 g/mol. The number of hydrogen-bond acceptors (Lipinski definition) is 4. The first-order valence-electron chi connectivity index (χ1n) is 9.56. The van der Waals surface area contributed by atoms with Crippen molar-refractivity contribution in [3.63, 3.8) is 0 Å². The predicted octanol–water partition coefficient (Wildman–Crippen LogP) is 4.46. The van der Waals surface area contributed by atoms with E-state index < -0.39 is 0 Å². The number of carbonyl (C=O) groups excluding carboxylic acids is 1. The van der Waals surface area contributed by atoms with Crippen molar-refractivity contribution in [3.05, 3.63) is 59.7 Å². The lowest BCUT2D eigenvalue weighted by molar-refractivity contribution is 0.0972. The van der Waals surface area contributed by atoms with Gasteiger partial charge in [0, 0.05) is 6.54 Å². The summed E-state index contributed by atoms with van der Waals surface area (Å²) in [6.45, 7) is 7.17. The number of thiocarbonyl (C=S) groups is 1. The molecule has 2 rings (SSSR count). The van der Waals surface area contributed by atoms with E-state index in [2.05, 4.69) is 17.6 Å². The molecule has 5 nitrogen and oxygen atoms in total. The molecule has 0 aliphatic carbocycles. The van der Waals surface area contributed by atoms with Gasteiger partial charge in [-0.3, -0.25) is 10.1 Å². The first-order valence-corrected chi connectivity index (χ1v) is 9.97. The third-order valence-corrected chi connectivity index (χ3v) is 4.11. The van der Waals surface area contributed by atoms with Crippen molar-refractivity contribution in [1.82, 2.24) is 10.6 Å². The van der Waals surface area contributed by atoms with Crippen LogP contribution in [0.2, 0.25) is 0 Å². The van der Waals surface area contributed by atoms with E-state index in [1.807, 2.05) is 44.2 Å². The Hall–Kier alpha value is -2.60. The SMILES string of the molecule is CCCCOc1ccccc1C(=O)NC(=S)NCc1ccc(OC(C)C)cc1. The number of carbonyl (C=O) groups is 1. The summed E-state index contributed by atoms with van der Waals surface area (Å²) in [6, 6.07) is 14.9. The van der Waals surface area contributed by atoms with Gasteiger partial charge in [0.2, 0.25) is 0 Å². The fraction of sp³-hybridized carbons (Fsp3) is 0.364. The van der Waals surface area contributed by atoms with E-state index in [-0.39, 0.29) is 17.1 Å². The molecule has 0 heterocycles. The number of ether oxygens (including phenoxy) is 2. The Labute approximate surface area is 172 Å². The lowest BCUT2D eigenvalue weighted by Crippen LogP contribution is -2.39. The van der Waals surface area contributed by atoms with Crippen molar-refractivity contribution in [2.24, 2.45) is 0 Å². The number of nitrogens with one attached hydrogen (secondary N) is 2. The highest BCUT2D eigenvalue weighted by atomic mass is 32.1. The van der Waals surface area contributed by atoms with Gasteiger partial charge in [0.15, 0.2) is 5.11 Å². The lowest BCUT2D eigenvalue weighted by Gasteiger charge is -2.13. The number of rotatable bonds is 9. The minimum absolute atomic E-state index is 0.139. The average Bonchev–Trinajstić information content (AvgIpc) is 2.67. The first-order chi connectivity index (χ1) is 13.5. The van der Waals surface area contributed by atoms with Crippen LogP contribution in [-0.4, -0.2) is 23.7 Å². The maximum Gasteiger partial charge on any atom is 0.261 e.